The molecular weight excluding hydrogens is 537 g/mol. The van der Waals surface area contributed by atoms with Crippen molar-refractivity contribution in [2.24, 2.45) is 5.11 Å². The summed E-state index contributed by atoms with van der Waals surface area (Å²) in [6.07, 6.45) is 4.67. The first-order valence-electron chi connectivity index (χ1n) is 13.7. The molecule has 1 fully saturated rings. The number of nitrogens with zero attached hydrogens (tertiary/aromatic N) is 4. The largest absolute Gasteiger partial charge is 0.496 e. The number of rotatable bonds is 12. The van der Waals surface area contributed by atoms with Crippen LogP contribution in [0.3, 0.4) is 0 Å². The number of nitrogens with one attached hydrogen (secondary N) is 3. The third-order valence-corrected chi connectivity index (χ3v) is 6.95. The fraction of sp³-hybridized carbons (Fsp3) is 0.258. The zero-order valence-corrected chi connectivity index (χ0v) is 23.1. The molecule has 42 heavy (non-hydrogen) atoms. The number of para-hydroxylation sites is 1. The van der Waals surface area contributed by atoms with Crippen molar-refractivity contribution in [2.45, 2.75) is 31.7 Å². The molecule has 4 aromatic rings. The minimum absolute atomic E-state index is 0.0827. The number of hydrogen-bond acceptors (Lipinski definition) is 6. The van der Waals surface area contributed by atoms with Crippen molar-refractivity contribution in [1.82, 2.24) is 15.6 Å². The molecule has 5 rings (SSSR count). The van der Waals surface area contributed by atoms with E-state index < -0.39 is 11.7 Å². The number of methoxy groups -OCH3 is 1. The lowest BCUT2D eigenvalue weighted by molar-refractivity contribution is 0.0941. The summed E-state index contributed by atoms with van der Waals surface area (Å²) in [6, 6.07) is 17.6. The number of ether oxygens (including phenoxy) is 1. The standard InChI is InChI=1S/C31H30FN7O3/c1-42-28-17-27-24(29(37-20-7-3-2-4-8-20)25(18-35-27)31(41)38-21-10-11-21)16-23(28)19-9-12-22(26(32)15-19)30(40)34-13-5-6-14-36-39-33/h2-4,7-9,12,15-18,21H,5-6,10-11,13-14H2,1H3,(H,34,40)(H,35,37)(H,38,41). The molecule has 11 heteroatoms. The van der Waals surface area contributed by atoms with Crippen LogP contribution in [0.4, 0.5) is 15.8 Å². The summed E-state index contributed by atoms with van der Waals surface area (Å²) < 4.78 is 20.9. The molecule has 0 aliphatic heterocycles. The van der Waals surface area contributed by atoms with Crippen LogP contribution in [0.15, 0.2) is 72.0 Å². The Morgan fingerprint density at radius 2 is 1.88 bits per heavy atom. The van der Waals surface area contributed by atoms with Crippen LogP contribution < -0.4 is 20.7 Å². The summed E-state index contributed by atoms with van der Waals surface area (Å²) in [5.41, 5.74) is 11.7. The van der Waals surface area contributed by atoms with E-state index >= 15 is 4.39 Å². The molecule has 214 valence electrons. The molecule has 3 aromatic carbocycles. The average Bonchev–Trinajstić information content (AvgIpc) is 3.82. The van der Waals surface area contributed by atoms with E-state index in [1.165, 1.54) is 19.2 Å². The van der Waals surface area contributed by atoms with Gasteiger partial charge in [-0.3, -0.25) is 14.6 Å². The Hall–Kier alpha value is -5.15. The number of anilines is 2. The van der Waals surface area contributed by atoms with Gasteiger partial charge < -0.3 is 20.7 Å². The van der Waals surface area contributed by atoms with Gasteiger partial charge >= 0.3 is 0 Å². The number of pyridine rings is 1. The Balaban J connectivity index is 1.50. The number of fused-ring (bicyclic) bond motifs is 1. The smallest absolute Gasteiger partial charge is 0.255 e. The fourth-order valence-electron chi connectivity index (χ4n) is 4.59. The highest BCUT2D eigenvalue weighted by atomic mass is 19.1. The molecule has 0 atom stereocenters. The highest BCUT2D eigenvalue weighted by Crippen LogP contribution is 2.39. The van der Waals surface area contributed by atoms with Crippen molar-refractivity contribution < 1.29 is 18.7 Å². The van der Waals surface area contributed by atoms with Gasteiger partial charge in [0.25, 0.3) is 11.8 Å². The number of amides is 2. The van der Waals surface area contributed by atoms with Gasteiger partial charge in [0.1, 0.15) is 11.6 Å². The zero-order chi connectivity index (χ0) is 29.5. The van der Waals surface area contributed by atoms with Gasteiger partial charge in [0.05, 0.1) is 29.4 Å². The van der Waals surface area contributed by atoms with E-state index in [4.69, 9.17) is 10.3 Å². The number of azide groups is 1. The van der Waals surface area contributed by atoms with Gasteiger partial charge in [-0.15, -0.1) is 0 Å². The van der Waals surface area contributed by atoms with Gasteiger partial charge in [0, 0.05) is 52.9 Å². The fourth-order valence-corrected chi connectivity index (χ4v) is 4.59. The molecule has 10 nitrogen and oxygen atoms in total. The van der Waals surface area contributed by atoms with Crippen LogP contribution in [0.1, 0.15) is 46.4 Å². The summed E-state index contributed by atoms with van der Waals surface area (Å²) in [6.45, 7) is 0.675. The number of carbonyl (C=O) groups excluding carboxylic acids is 2. The molecule has 1 aliphatic carbocycles. The van der Waals surface area contributed by atoms with Crippen LogP contribution in [0.2, 0.25) is 0 Å². The normalized spacial score (nSPS) is 12.3. The minimum atomic E-state index is -0.681. The monoisotopic (exact) mass is 567 g/mol. The number of hydrogen-bond donors (Lipinski definition) is 3. The second kappa shape index (κ2) is 13.0. The maximum Gasteiger partial charge on any atom is 0.255 e. The van der Waals surface area contributed by atoms with Gasteiger partial charge in [0.15, 0.2) is 0 Å². The maximum atomic E-state index is 15.2. The van der Waals surface area contributed by atoms with Crippen LogP contribution in [-0.4, -0.2) is 43.0 Å². The van der Waals surface area contributed by atoms with E-state index in [1.807, 2.05) is 36.4 Å². The van der Waals surface area contributed by atoms with Crippen molar-refractivity contribution >= 4 is 34.1 Å². The summed E-state index contributed by atoms with van der Waals surface area (Å²) >= 11 is 0. The lowest BCUT2D eigenvalue weighted by Gasteiger charge is -2.17. The first-order chi connectivity index (χ1) is 20.5. The third kappa shape index (κ3) is 6.59. The molecule has 1 heterocycles. The van der Waals surface area contributed by atoms with E-state index in [2.05, 4.69) is 31.0 Å². The summed E-state index contributed by atoms with van der Waals surface area (Å²) in [5.74, 6) is -0.966. The quantitative estimate of drug-likeness (QED) is 0.0775. The molecule has 0 bridgehead atoms. The van der Waals surface area contributed by atoms with E-state index in [9.17, 15) is 9.59 Å². The van der Waals surface area contributed by atoms with Crippen molar-refractivity contribution in [3.63, 3.8) is 0 Å². The first kappa shape index (κ1) is 28.4. The Kier molecular flexibility index (Phi) is 8.79. The van der Waals surface area contributed by atoms with E-state index in [0.29, 0.717) is 65.0 Å². The molecule has 0 unspecified atom stereocenters. The van der Waals surface area contributed by atoms with Crippen molar-refractivity contribution in [1.29, 1.82) is 0 Å². The predicted octanol–water partition coefficient (Wildman–Crippen LogP) is 6.51. The number of halogens is 1. The molecule has 0 saturated heterocycles. The molecule has 1 saturated carbocycles. The van der Waals surface area contributed by atoms with Gasteiger partial charge in [-0.2, -0.15) is 0 Å². The molecule has 0 radical (unpaired) electrons. The van der Waals surface area contributed by atoms with Crippen molar-refractivity contribution in [3.8, 4) is 16.9 Å². The van der Waals surface area contributed by atoms with Crippen molar-refractivity contribution in [3.05, 3.63) is 94.2 Å². The number of aromatic nitrogens is 1. The summed E-state index contributed by atoms with van der Waals surface area (Å²) in [5, 5.41) is 13.2. The molecule has 0 spiro atoms. The minimum Gasteiger partial charge on any atom is -0.496 e. The maximum absolute atomic E-state index is 15.2. The Morgan fingerprint density at radius 3 is 2.60 bits per heavy atom. The SMILES string of the molecule is COc1cc2ncc(C(=O)NC3CC3)c(Nc3ccccc3)c2cc1-c1ccc(C(=O)NCCCCN=[N+]=[N-])c(F)c1. The number of unbranched alkanes of at least 4 members (excludes halogenated alkanes) is 1. The summed E-state index contributed by atoms with van der Waals surface area (Å²) in [4.78, 5) is 33.0. The van der Waals surface area contributed by atoms with Crippen LogP contribution in [0.25, 0.3) is 32.5 Å². The van der Waals surface area contributed by atoms with Gasteiger partial charge in [-0.25, -0.2) is 4.39 Å². The van der Waals surface area contributed by atoms with E-state index in [1.54, 1.807) is 18.3 Å². The number of carbonyl (C=O) groups is 2. The third-order valence-electron chi connectivity index (χ3n) is 6.95. The average molecular weight is 568 g/mol. The van der Waals surface area contributed by atoms with Crippen LogP contribution in [0.5, 0.6) is 5.75 Å². The second-order valence-electron chi connectivity index (χ2n) is 9.97. The van der Waals surface area contributed by atoms with Crippen molar-refractivity contribution in [2.75, 3.05) is 25.5 Å². The lowest BCUT2D eigenvalue weighted by Crippen LogP contribution is -2.26. The Bertz CT molecular complexity index is 1670. The predicted molar refractivity (Wildman–Crippen MR) is 159 cm³/mol. The molecule has 1 aromatic heterocycles. The second-order valence-corrected chi connectivity index (χ2v) is 9.97. The molecular formula is C31H30FN7O3. The van der Waals surface area contributed by atoms with Crippen LogP contribution in [0, 0.1) is 5.82 Å². The van der Waals surface area contributed by atoms with Gasteiger partial charge in [-0.05, 0) is 67.1 Å². The first-order valence-corrected chi connectivity index (χ1v) is 13.7. The van der Waals surface area contributed by atoms with E-state index in [-0.39, 0.29) is 17.5 Å². The molecule has 2 amide bonds. The Labute approximate surface area is 241 Å². The number of benzene rings is 3. The van der Waals surface area contributed by atoms with Crippen LogP contribution in [-0.2, 0) is 0 Å². The topological polar surface area (TPSA) is 141 Å². The highest BCUT2D eigenvalue weighted by molar-refractivity contribution is 6.09. The van der Waals surface area contributed by atoms with Crippen LogP contribution >= 0.6 is 0 Å². The molecule has 3 N–H and O–H groups in total. The Morgan fingerprint density at radius 1 is 1.07 bits per heavy atom. The lowest BCUT2D eigenvalue weighted by atomic mass is 9.98. The summed E-state index contributed by atoms with van der Waals surface area (Å²) in [7, 11) is 1.52. The van der Waals surface area contributed by atoms with E-state index in [0.717, 1.165) is 18.5 Å². The molecule has 1 aliphatic rings. The zero-order valence-electron chi connectivity index (χ0n) is 23.1. The van der Waals surface area contributed by atoms with Gasteiger partial charge in [-0.1, -0.05) is 29.4 Å². The van der Waals surface area contributed by atoms with Gasteiger partial charge in [0.2, 0.25) is 0 Å². The highest BCUT2D eigenvalue weighted by Gasteiger charge is 2.26.